The second kappa shape index (κ2) is 53.5. The molecule has 426 valence electrons. The molecule has 9 heteroatoms. The summed E-state index contributed by atoms with van der Waals surface area (Å²) in [6.45, 7) is 3.66. The van der Waals surface area contributed by atoms with Crippen LogP contribution in [0.5, 0.6) is 0 Å². The molecule has 9 nitrogen and oxygen atoms in total. The fourth-order valence-corrected chi connectivity index (χ4v) is 9.12. The molecule has 0 radical (unpaired) electrons. The van der Waals surface area contributed by atoms with Gasteiger partial charge in [-0.1, -0.05) is 259 Å². The van der Waals surface area contributed by atoms with Gasteiger partial charge in [-0.3, -0.25) is 4.79 Å². The highest BCUT2D eigenvalue weighted by molar-refractivity contribution is 5.76. The minimum atomic E-state index is -1.58. The minimum Gasteiger partial charge on any atom is -0.394 e. The van der Waals surface area contributed by atoms with Gasteiger partial charge in [0.05, 0.1) is 25.4 Å². The molecule has 1 amide bonds. The summed E-state index contributed by atoms with van der Waals surface area (Å²) >= 11 is 0. The SMILES string of the molecule is CC/C=C\C/C=C\C/C=C\C/C=C\C/C=C\C/C=C\CCCCCCCCCCC(=O)NC(COC1OC(CO)C(O)C(O)C1O)C(O)/C=C/CC/C=C/CCCCCCCCCCCCCCCCCCCC. The third kappa shape index (κ3) is 42.2. The average Bonchev–Trinajstić information content (AvgIpc) is 3.40. The summed E-state index contributed by atoms with van der Waals surface area (Å²) in [6.07, 6.45) is 70.5. The van der Waals surface area contributed by atoms with Gasteiger partial charge >= 0.3 is 0 Å². The molecular weight excluding hydrogens is 923 g/mol. The highest BCUT2D eigenvalue weighted by atomic mass is 16.7. The van der Waals surface area contributed by atoms with Gasteiger partial charge in [-0.05, 0) is 83.5 Å². The smallest absolute Gasteiger partial charge is 0.220 e. The van der Waals surface area contributed by atoms with E-state index in [0.29, 0.717) is 6.42 Å². The van der Waals surface area contributed by atoms with Crippen molar-refractivity contribution in [2.45, 2.75) is 294 Å². The van der Waals surface area contributed by atoms with Crippen LogP contribution in [0.1, 0.15) is 251 Å². The van der Waals surface area contributed by atoms with Crippen molar-refractivity contribution in [2.75, 3.05) is 13.2 Å². The van der Waals surface area contributed by atoms with Crippen LogP contribution >= 0.6 is 0 Å². The number of hydrogen-bond donors (Lipinski definition) is 6. The van der Waals surface area contributed by atoms with E-state index in [1.54, 1.807) is 6.08 Å². The fraction of sp³-hybridized carbons (Fsp3) is 0.738. The molecule has 1 rings (SSSR count). The van der Waals surface area contributed by atoms with E-state index < -0.39 is 49.5 Å². The highest BCUT2D eigenvalue weighted by Crippen LogP contribution is 2.23. The Morgan fingerprint density at radius 2 is 0.851 bits per heavy atom. The Balaban J connectivity index is 2.25. The van der Waals surface area contributed by atoms with Crippen LogP contribution in [0.25, 0.3) is 0 Å². The molecular formula is C65H113NO8. The number of ether oxygens (including phenoxy) is 2. The summed E-state index contributed by atoms with van der Waals surface area (Å²) in [5, 5.41) is 54.6. The number of allylic oxidation sites excluding steroid dienone is 15. The van der Waals surface area contributed by atoms with Crippen molar-refractivity contribution >= 4 is 5.91 Å². The Morgan fingerprint density at radius 1 is 0.473 bits per heavy atom. The van der Waals surface area contributed by atoms with E-state index in [4.69, 9.17) is 9.47 Å². The first-order valence-corrected chi connectivity index (χ1v) is 30.5. The van der Waals surface area contributed by atoms with Crippen molar-refractivity contribution in [2.24, 2.45) is 0 Å². The molecule has 1 heterocycles. The first-order chi connectivity index (χ1) is 36.3. The van der Waals surface area contributed by atoms with Gasteiger partial charge < -0.3 is 40.3 Å². The van der Waals surface area contributed by atoms with Gasteiger partial charge in [0.15, 0.2) is 6.29 Å². The molecule has 6 N–H and O–H groups in total. The van der Waals surface area contributed by atoms with Gasteiger partial charge in [-0.25, -0.2) is 0 Å². The lowest BCUT2D eigenvalue weighted by atomic mass is 9.99. The van der Waals surface area contributed by atoms with Gasteiger partial charge in [-0.2, -0.15) is 0 Å². The van der Waals surface area contributed by atoms with Crippen LogP contribution < -0.4 is 5.32 Å². The zero-order chi connectivity index (χ0) is 53.6. The van der Waals surface area contributed by atoms with Crippen LogP contribution in [-0.4, -0.2) is 87.5 Å². The molecule has 7 atom stereocenters. The maximum absolute atomic E-state index is 13.1. The number of aliphatic hydroxyl groups is 5. The Bertz CT molecular complexity index is 1480. The van der Waals surface area contributed by atoms with Gasteiger partial charge in [0.25, 0.3) is 0 Å². The summed E-state index contributed by atoms with van der Waals surface area (Å²) in [5.41, 5.74) is 0. The summed E-state index contributed by atoms with van der Waals surface area (Å²) in [7, 11) is 0. The number of amides is 1. The average molecular weight is 1040 g/mol. The summed E-state index contributed by atoms with van der Waals surface area (Å²) in [4.78, 5) is 13.1. The van der Waals surface area contributed by atoms with E-state index in [-0.39, 0.29) is 12.5 Å². The van der Waals surface area contributed by atoms with Crippen molar-refractivity contribution in [3.8, 4) is 0 Å². The lowest BCUT2D eigenvalue weighted by Crippen LogP contribution is -2.60. The third-order valence-electron chi connectivity index (χ3n) is 13.9. The largest absolute Gasteiger partial charge is 0.394 e. The van der Waals surface area contributed by atoms with E-state index in [9.17, 15) is 30.3 Å². The number of aliphatic hydroxyl groups excluding tert-OH is 5. The first-order valence-electron chi connectivity index (χ1n) is 30.5. The molecule has 1 fully saturated rings. The van der Waals surface area contributed by atoms with Gasteiger partial charge in [0.2, 0.25) is 5.91 Å². The van der Waals surface area contributed by atoms with Crippen LogP contribution in [0.2, 0.25) is 0 Å². The fourth-order valence-electron chi connectivity index (χ4n) is 9.12. The Kier molecular flexibility index (Phi) is 50.0. The molecule has 1 aliphatic heterocycles. The van der Waals surface area contributed by atoms with E-state index in [1.165, 1.54) is 141 Å². The first kappa shape index (κ1) is 69.1. The second-order valence-corrected chi connectivity index (χ2v) is 20.8. The molecule has 0 aromatic carbocycles. The van der Waals surface area contributed by atoms with E-state index in [1.807, 2.05) is 6.08 Å². The predicted octanol–water partition coefficient (Wildman–Crippen LogP) is 15.6. The number of carbonyl (C=O) groups is 1. The predicted molar refractivity (Wildman–Crippen MR) is 313 cm³/mol. The van der Waals surface area contributed by atoms with Gasteiger partial charge in [-0.15, -0.1) is 0 Å². The van der Waals surface area contributed by atoms with Crippen molar-refractivity contribution < 1.29 is 39.8 Å². The van der Waals surface area contributed by atoms with E-state index >= 15 is 0 Å². The molecule has 7 unspecified atom stereocenters. The second-order valence-electron chi connectivity index (χ2n) is 20.8. The molecule has 0 aromatic heterocycles. The zero-order valence-electron chi connectivity index (χ0n) is 47.3. The summed E-state index contributed by atoms with van der Waals surface area (Å²) < 4.78 is 11.3. The van der Waals surface area contributed by atoms with E-state index in [2.05, 4.69) is 104 Å². The summed E-state index contributed by atoms with van der Waals surface area (Å²) in [6, 6.07) is -0.834. The molecule has 74 heavy (non-hydrogen) atoms. The number of unbranched alkanes of at least 4 members (excludes halogenated alkanes) is 27. The number of carbonyl (C=O) groups excluding carboxylic acids is 1. The third-order valence-corrected chi connectivity index (χ3v) is 13.9. The number of nitrogens with one attached hydrogen (secondary N) is 1. The van der Waals surface area contributed by atoms with Crippen LogP contribution in [-0.2, 0) is 14.3 Å². The molecule has 0 bridgehead atoms. The van der Waals surface area contributed by atoms with Crippen molar-refractivity contribution in [3.05, 3.63) is 97.2 Å². The maximum atomic E-state index is 13.1. The zero-order valence-corrected chi connectivity index (χ0v) is 47.3. The van der Waals surface area contributed by atoms with Crippen molar-refractivity contribution in [3.63, 3.8) is 0 Å². The molecule has 0 aromatic rings. The molecule has 0 saturated carbocycles. The van der Waals surface area contributed by atoms with Crippen molar-refractivity contribution in [1.82, 2.24) is 5.32 Å². The lowest BCUT2D eigenvalue weighted by molar-refractivity contribution is -0.302. The Hall–Kier alpha value is -2.89. The lowest BCUT2D eigenvalue weighted by Gasteiger charge is -2.40. The van der Waals surface area contributed by atoms with E-state index in [0.717, 1.165) is 89.9 Å². The quantitative estimate of drug-likeness (QED) is 0.0261. The van der Waals surface area contributed by atoms with Gasteiger partial charge in [0.1, 0.15) is 24.4 Å². The summed E-state index contributed by atoms with van der Waals surface area (Å²) in [5.74, 6) is -0.197. The molecule has 1 aliphatic rings. The minimum absolute atomic E-state index is 0.197. The number of rotatable bonds is 51. The number of hydrogen-bond acceptors (Lipinski definition) is 8. The Labute approximate surface area is 453 Å². The maximum Gasteiger partial charge on any atom is 0.220 e. The van der Waals surface area contributed by atoms with Crippen LogP contribution in [0, 0.1) is 0 Å². The molecule has 0 aliphatic carbocycles. The molecule has 0 spiro atoms. The van der Waals surface area contributed by atoms with Crippen LogP contribution in [0.15, 0.2) is 97.2 Å². The van der Waals surface area contributed by atoms with Gasteiger partial charge in [0, 0.05) is 6.42 Å². The topological polar surface area (TPSA) is 149 Å². The van der Waals surface area contributed by atoms with Crippen LogP contribution in [0.4, 0.5) is 0 Å². The van der Waals surface area contributed by atoms with Crippen molar-refractivity contribution in [1.29, 1.82) is 0 Å². The standard InChI is InChI=1S/C65H113NO8/c1-3-5-7-9-11-13-15-17-19-21-23-25-27-29-30-31-33-35-37-39-41-43-45-47-49-51-53-55-61(69)66-58(57-73-65-64(72)63(71)62(70)60(56-67)74-65)59(68)54-52-50-48-46-44-42-40-38-36-34-32-28-26-24-22-20-18-16-14-12-10-8-6-4-2/h5,7,11,13,17,19,23,25,29-30,33,35,44,46,52,54,58-60,62-65,67-68,70-72H,3-4,6,8-10,12,14-16,18,20-22,24,26-28,31-32,34,36-43,45,47-51,53,55-57H2,1-2H3,(H,66,69)/b7-5-,13-11-,19-17-,25-23-,30-29-,35-33-,46-44+,54-52+. The monoisotopic (exact) mass is 1040 g/mol. The van der Waals surface area contributed by atoms with Crippen LogP contribution in [0.3, 0.4) is 0 Å². The highest BCUT2D eigenvalue weighted by Gasteiger charge is 2.44. The normalized spacial score (nSPS) is 19.7. The Morgan fingerprint density at radius 3 is 1.30 bits per heavy atom. The molecule has 1 saturated heterocycles.